The van der Waals surface area contributed by atoms with Crippen molar-refractivity contribution < 1.29 is 21.6 Å². The molecule has 0 amide bonds. The molecular weight excluding hydrogens is 461 g/mol. The quantitative estimate of drug-likeness (QED) is 0.363. The Morgan fingerprint density at radius 3 is 2.26 bits per heavy atom. The van der Waals surface area contributed by atoms with Crippen LogP contribution in [-0.4, -0.2) is 25.7 Å². The smallest absolute Gasteiger partial charge is 0.330 e. The lowest BCUT2D eigenvalue weighted by Crippen LogP contribution is -2.11. The molecule has 0 bridgehead atoms. The van der Waals surface area contributed by atoms with E-state index in [2.05, 4.69) is 4.98 Å². The summed E-state index contributed by atoms with van der Waals surface area (Å²) in [4.78, 5) is 4.29. The van der Waals surface area contributed by atoms with Crippen LogP contribution in [0.5, 0.6) is 0 Å². The Hall–Kier alpha value is -3.23. The summed E-state index contributed by atoms with van der Waals surface area (Å²) < 4.78 is 65.9. The van der Waals surface area contributed by atoms with Gasteiger partial charge in [0.1, 0.15) is 0 Å². The Bertz CT molecular complexity index is 1460. The van der Waals surface area contributed by atoms with Gasteiger partial charge < -0.3 is 5.73 Å². The first-order valence-corrected chi connectivity index (χ1v) is 12.4. The summed E-state index contributed by atoms with van der Waals surface area (Å²) >= 11 is 0. The Labute approximate surface area is 196 Å². The monoisotopic (exact) mass is 484 g/mol. The van der Waals surface area contributed by atoms with Crippen LogP contribution in [0.4, 0.5) is 13.2 Å². The molecule has 1 aromatic heterocycles. The fraction of sp³-hybridized carbons (Fsp3) is 0.192. The molecule has 0 aliphatic heterocycles. The number of benzene rings is 3. The number of hydrogen-bond donors (Lipinski definition) is 1. The normalized spacial score (nSPS) is 12.3. The minimum Gasteiger partial charge on any atom is -0.330 e. The average Bonchev–Trinajstić information content (AvgIpc) is 2.82. The first kappa shape index (κ1) is 23.9. The van der Waals surface area contributed by atoms with Crippen LogP contribution in [0.1, 0.15) is 17.5 Å². The highest BCUT2D eigenvalue weighted by Gasteiger charge is 2.33. The van der Waals surface area contributed by atoms with Gasteiger partial charge in [-0.15, -0.1) is 0 Å². The average molecular weight is 485 g/mol. The molecule has 0 atom stereocenters. The lowest BCUT2D eigenvalue weighted by Gasteiger charge is -2.15. The second-order valence-electron chi connectivity index (χ2n) is 8.09. The van der Waals surface area contributed by atoms with E-state index < -0.39 is 21.6 Å². The maximum absolute atomic E-state index is 13.6. The van der Waals surface area contributed by atoms with E-state index in [0.717, 1.165) is 22.8 Å². The molecule has 176 valence electrons. The number of sulfone groups is 1. The van der Waals surface area contributed by atoms with Gasteiger partial charge in [-0.1, -0.05) is 42.5 Å². The van der Waals surface area contributed by atoms with Gasteiger partial charge in [0, 0.05) is 11.6 Å². The molecule has 3 aromatic carbocycles. The van der Waals surface area contributed by atoms with Crippen LogP contribution in [0, 0.1) is 6.92 Å². The van der Waals surface area contributed by atoms with Crippen molar-refractivity contribution in [1.29, 1.82) is 0 Å². The molecule has 1 heterocycles. The van der Waals surface area contributed by atoms with Gasteiger partial charge in [-0.2, -0.15) is 13.2 Å². The molecule has 0 radical (unpaired) electrons. The van der Waals surface area contributed by atoms with E-state index in [1.807, 2.05) is 18.2 Å². The van der Waals surface area contributed by atoms with Gasteiger partial charge in [-0.3, -0.25) is 4.98 Å². The van der Waals surface area contributed by atoms with E-state index >= 15 is 0 Å². The number of aryl methyl sites for hydroxylation is 1. The molecule has 0 aliphatic carbocycles. The third-order valence-corrected chi connectivity index (χ3v) is 7.49. The molecule has 0 aliphatic rings. The number of hydrogen-bond acceptors (Lipinski definition) is 4. The summed E-state index contributed by atoms with van der Waals surface area (Å²) in [5.41, 5.74) is 8.14. The van der Waals surface area contributed by atoms with Crippen LogP contribution in [0.15, 0.2) is 77.8 Å². The zero-order valence-electron chi connectivity index (χ0n) is 18.4. The fourth-order valence-corrected chi connectivity index (χ4v) is 5.42. The zero-order valence-corrected chi connectivity index (χ0v) is 19.2. The number of pyridine rings is 1. The number of aromatic nitrogens is 1. The van der Waals surface area contributed by atoms with Crippen molar-refractivity contribution in [1.82, 2.24) is 4.98 Å². The minimum absolute atomic E-state index is 0.0310. The number of halogens is 3. The maximum Gasteiger partial charge on any atom is 0.418 e. The highest BCUT2D eigenvalue weighted by molar-refractivity contribution is 7.91. The first-order chi connectivity index (χ1) is 16.1. The van der Waals surface area contributed by atoms with Crippen LogP contribution in [-0.2, 0) is 16.0 Å². The van der Waals surface area contributed by atoms with Crippen LogP contribution < -0.4 is 5.73 Å². The highest BCUT2D eigenvalue weighted by atomic mass is 32.2. The van der Waals surface area contributed by atoms with E-state index in [4.69, 9.17) is 5.73 Å². The van der Waals surface area contributed by atoms with Crippen molar-refractivity contribution >= 4 is 20.7 Å². The third kappa shape index (κ3) is 4.69. The molecule has 0 fully saturated rings. The molecule has 0 saturated heterocycles. The summed E-state index contributed by atoms with van der Waals surface area (Å²) in [6.07, 6.45) is -2.70. The van der Waals surface area contributed by atoms with Crippen LogP contribution in [0.2, 0.25) is 0 Å². The summed E-state index contributed by atoms with van der Waals surface area (Å²) in [6, 6.07) is 18.0. The minimum atomic E-state index is -4.52. The van der Waals surface area contributed by atoms with Crippen molar-refractivity contribution in [2.24, 2.45) is 5.73 Å². The van der Waals surface area contributed by atoms with Gasteiger partial charge in [0.15, 0.2) is 9.84 Å². The molecule has 0 spiro atoms. The topological polar surface area (TPSA) is 73.0 Å². The maximum atomic E-state index is 13.6. The predicted molar refractivity (Wildman–Crippen MR) is 128 cm³/mol. The summed E-state index contributed by atoms with van der Waals surface area (Å²) in [5.74, 6) is -0.0310. The molecule has 0 saturated carbocycles. The molecule has 4 aromatic rings. The Balaban J connectivity index is 1.84. The molecule has 4 rings (SSSR count). The molecule has 8 heteroatoms. The number of rotatable bonds is 6. The number of nitrogens with zero attached hydrogens (tertiary/aromatic N) is 1. The summed E-state index contributed by atoms with van der Waals surface area (Å²) in [7, 11) is -3.46. The molecule has 2 N–H and O–H groups in total. The second kappa shape index (κ2) is 9.19. The standard InChI is InChI=1S/C26H23F3N2O2S/c1-17-16-31-25-22(10-4-11-23(25)26(27,28)29)24(17)20-8-2-6-18(14-20)19-7-3-9-21(15-19)34(32,33)13-5-12-30/h2-4,6-11,14-16H,5,12-13,30H2,1H3. The zero-order chi connectivity index (χ0) is 24.5. The first-order valence-electron chi connectivity index (χ1n) is 10.7. The van der Waals surface area contributed by atoms with Gasteiger partial charge in [0.25, 0.3) is 0 Å². The predicted octanol–water partition coefficient (Wildman–Crippen LogP) is 6.02. The van der Waals surface area contributed by atoms with Crippen LogP contribution in [0.3, 0.4) is 0 Å². The summed E-state index contributed by atoms with van der Waals surface area (Å²) in [5, 5.41) is 0.407. The Morgan fingerprint density at radius 2 is 1.56 bits per heavy atom. The van der Waals surface area contributed by atoms with Crippen molar-refractivity contribution in [2.45, 2.75) is 24.4 Å². The van der Waals surface area contributed by atoms with E-state index in [-0.39, 0.29) is 22.7 Å². The van der Waals surface area contributed by atoms with E-state index in [9.17, 15) is 21.6 Å². The molecule has 4 nitrogen and oxygen atoms in total. The Morgan fingerprint density at radius 1 is 0.912 bits per heavy atom. The van der Waals surface area contributed by atoms with Gasteiger partial charge in [-0.05, 0) is 72.0 Å². The number of nitrogens with two attached hydrogens (primary N) is 1. The summed E-state index contributed by atoms with van der Waals surface area (Å²) in [6.45, 7) is 2.09. The van der Waals surface area contributed by atoms with E-state index in [1.165, 1.54) is 12.3 Å². The van der Waals surface area contributed by atoms with Crippen LogP contribution in [0.25, 0.3) is 33.2 Å². The lowest BCUT2D eigenvalue weighted by atomic mass is 9.93. The van der Waals surface area contributed by atoms with Crippen molar-refractivity contribution in [2.75, 3.05) is 12.3 Å². The van der Waals surface area contributed by atoms with Crippen molar-refractivity contribution in [3.8, 4) is 22.3 Å². The molecule has 0 unspecified atom stereocenters. The van der Waals surface area contributed by atoms with Crippen molar-refractivity contribution in [3.63, 3.8) is 0 Å². The molecule has 34 heavy (non-hydrogen) atoms. The van der Waals surface area contributed by atoms with Gasteiger partial charge in [0.2, 0.25) is 0 Å². The van der Waals surface area contributed by atoms with E-state index in [0.29, 0.717) is 22.9 Å². The Kier molecular flexibility index (Phi) is 6.47. The number of alkyl halides is 3. The number of para-hydroxylation sites is 1. The van der Waals surface area contributed by atoms with Gasteiger partial charge in [-0.25, -0.2) is 8.42 Å². The van der Waals surface area contributed by atoms with Gasteiger partial charge >= 0.3 is 6.18 Å². The SMILES string of the molecule is Cc1cnc2c(C(F)(F)F)cccc2c1-c1cccc(-c2cccc(S(=O)(=O)CCCN)c2)c1. The highest BCUT2D eigenvalue weighted by Crippen LogP contribution is 2.39. The second-order valence-corrected chi connectivity index (χ2v) is 10.2. The van der Waals surface area contributed by atoms with Gasteiger partial charge in [0.05, 0.1) is 21.7 Å². The van der Waals surface area contributed by atoms with E-state index in [1.54, 1.807) is 43.3 Å². The van der Waals surface area contributed by atoms with Crippen molar-refractivity contribution in [3.05, 3.63) is 84.1 Å². The fourth-order valence-electron chi connectivity index (χ4n) is 4.05. The third-order valence-electron chi connectivity index (χ3n) is 5.69. The van der Waals surface area contributed by atoms with Crippen LogP contribution >= 0.6 is 0 Å². The largest absolute Gasteiger partial charge is 0.418 e. The number of fused-ring (bicyclic) bond motifs is 1. The molecular formula is C26H23F3N2O2S. The lowest BCUT2D eigenvalue weighted by molar-refractivity contribution is -0.136.